The topological polar surface area (TPSA) is 93.1 Å². The third kappa shape index (κ3) is 7.04. The summed E-state index contributed by atoms with van der Waals surface area (Å²) in [7, 11) is 0. The van der Waals surface area contributed by atoms with Crippen LogP contribution < -0.4 is 0 Å². The van der Waals surface area contributed by atoms with Gasteiger partial charge in [-0.15, -0.1) is 0 Å². The number of carboxylic acids is 1. The molecular formula is C23H33NO6. The van der Waals surface area contributed by atoms with Crippen molar-refractivity contribution in [2.75, 3.05) is 6.61 Å². The zero-order valence-corrected chi connectivity index (χ0v) is 17.9. The number of nitrogens with zero attached hydrogens (tertiary/aromatic N) is 1. The summed E-state index contributed by atoms with van der Waals surface area (Å²) in [6.45, 7) is 3.24. The van der Waals surface area contributed by atoms with E-state index in [1.54, 1.807) is 6.92 Å². The van der Waals surface area contributed by atoms with Gasteiger partial charge in [0.15, 0.2) is 0 Å². The minimum Gasteiger partial charge on any atom is -0.480 e. The number of carbonyl (C=O) groups excluding carboxylic acids is 2. The lowest BCUT2D eigenvalue weighted by Gasteiger charge is -2.33. The smallest absolute Gasteiger partial charge is 0.411 e. The molecule has 1 aromatic carbocycles. The Morgan fingerprint density at radius 2 is 1.77 bits per heavy atom. The summed E-state index contributed by atoms with van der Waals surface area (Å²) in [5.41, 5.74) is 0.781. The molecule has 1 aliphatic rings. The number of aliphatic carboxylic acids is 1. The SMILES string of the molecule is CCOC(=O)[C@H](CCC1CCCCC1)N(C(=O)OCc1ccccc1)[C@@H](C)C(=O)O. The van der Waals surface area contributed by atoms with Gasteiger partial charge in [0.05, 0.1) is 6.61 Å². The van der Waals surface area contributed by atoms with Gasteiger partial charge in [-0.2, -0.15) is 0 Å². The van der Waals surface area contributed by atoms with E-state index in [0.29, 0.717) is 12.3 Å². The van der Waals surface area contributed by atoms with Gasteiger partial charge in [0.25, 0.3) is 0 Å². The average molecular weight is 420 g/mol. The van der Waals surface area contributed by atoms with Gasteiger partial charge in [-0.05, 0) is 38.2 Å². The maximum absolute atomic E-state index is 12.9. The van der Waals surface area contributed by atoms with E-state index in [9.17, 15) is 19.5 Å². The molecule has 1 N–H and O–H groups in total. The first-order valence-electron chi connectivity index (χ1n) is 10.8. The van der Waals surface area contributed by atoms with Crippen LogP contribution in [-0.2, 0) is 25.7 Å². The predicted molar refractivity (Wildman–Crippen MR) is 112 cm³/mol. The first-order valence-corrected chi connectivity index (χ1v) is 10.8. The highest BCUT2D eigenvalue weighted by Gasteiger charge is 2.38. The maximum atomic E-state index is 12.9. The minimum atomic E-state index is -1.21. The number of carbonyl (C=O) groups is 3. The van der Waals surface area contributed by atoms with Crippen LogP contribution in [0.3, 0.4) is 0 Å². The van der Waals surface area contributed by atoms with Crippen LogP contribution in [0.1, 0.15) is 64.4 Å². The summed E-state index contributed by atoms with van der Waals surface area (Å²) >= 11 is 0. The molecule has 0 spiro atoms. The molecule has 0 heterocycles. The Bertz CT molecular complexity index is 686. The molecule has 2 atom stereocenters. The van der Waals surface area contributed by atoms with Crippen LogP contribution in [0.2, 0.25) is 0 Å². The third-order valence-corrected chi connectivity index (χ3v) is 5.66. The van der Waals surface area contributed by atoms with Gasteiger partial charge in [-0.25, -0.2) is 14.4 Å². The number of esters is 1. The number of benzene rings is 1. The van der Waals surface area contributed by atoms with E-state index in [1.165, 1.54) is 26.2 Å². The summed E-state index contributed by atoms with van der Waals surface area (Å²) in [6.07, 6.45) is 6.05. The molecule has 2 rings (SSSR count). The monoisotopic (exact) mass is 419 g/mol. The van der Waals surface area contributed by atoms with Crippen LogP contribution in [0.25, 0.3) is 0 Å². The minimum absolute atomic E-state index is 0.000677. The number of ether oxygens (including phenoxy) is 2. The molecule has 1 aliphatic carbocycles. The van der Waals surface area contributed by atoms with E-state index in [0.717, 1.165) is 29.7 Å². The van der Waals surface area contributed by atoms with Gasteiger partial charge in [-0.3, -0.25) is 4.90 Å². The lowest BCUT2D eigenvalue weighted by Crippen LogP contribution is -2.53. The Morgan fingerprint density at radius 1 is 1.10 bits per heavy atom. The van der Waals surface area contributed by atoms with E-state index in [2.05, 4.69) is 0 Å². The Labute approximate surface area is 178 Å². The summed E-state index contributed by atoms with van der Waals surface area (Å²) < 4.78 is 10.6. The molecule has 0 unspecified atom stereocenters. The Balaban J connectivity index is 2.16. The molecule has 1 aromatic rings. The lowest BCUT2D eigenvalue weighted by molar-refractivity contribution is -0.153. The van der Waals surface area contributed by atoms with Crippen molar-refractivity contribution in [3.63, 3.8) is 0 Å². The van der Waals surface area contributed by atoms with Crippen molar-refractivity contribution in [2.45, 2.75) is 77.5 Å². The van der Waals surface area contributed by atoms with Crippen LogP contribution in [0.4, 0.5) is 4.79 Å². The van der Waals surface area contributed by atoms with Crippen LogP contribution in [0.15, 0.2) is 30.3 Å². The van der Waals surface area contributed by atoms with Crippen molar-refractivity contribution < 1.29 is 29.0 Å². The fraction of sp³-hybridized carbons (Fsp3) is 0.609. The van der Waals surface area contributed by atoms with Crippen molar-refractivity contribution in [1.82, 2.24) is 4.90 Å². The number of hydrogen-bond donors (Lipinski definition) is 1. The molecule has 0 bridgehead atoms. The van der Waals surface area contributed by atoms with Gasteiger partial charge >= 0.3 is 18.0 Å². The molecule has 0 saturated heterocycles. The second-order valence-electron chi connectivity index (χ2n) is 7.81. The first-order chi connectivity index (χ1) is 14.4. The van der Waals surface area contributed by atoms with Gasteiger partial charge in [-0.1, -0.05) is 62.4 Å². The zero-order chi connectivity index (χ0) is 21.9. The molecular weight excluding hydrogens is 386 g/mol. The lowest BCUT2D eigenvalue weighted by atomic mass is 9.85. The third-order valence-electron chi connectivity index (χ3n) is 5.66. The number of hydrogen-bond acceptors (Lipinski definition) is 5. The van der Waals surface area contributed by atoms with Gasteiger partial charge in [0, 0.05) is 0 Å². The van der Waals surface area contributed by atoms with Gasteiger partial charge < -0.3 is 14.6 Å². The number of amides is 1. The van der Waals surface area contributed by atoms with Crippen LogP contribution >= 0.6 is 0 Å². The highest BCUT2D eigenvalue weighted by atomic mass is 16.6. The molecule has 1 saturated carbocycles. The highest BCUT2D eigenvalue weighted by Crippen LogP contribution is 2.29. The van der Waals surface area contributed by atoms with Crippen LogP contribution in [0, 0.1) is 5.92 Å². The molecule has 166 valence electrons. The van der Waals surface area contributed by atoms with Gasteiger partial charge in [0.2, 0.25) is 0 Å². The molecule has 0 aromatic heterocycles. The largest absolute Gasteiger partial charge is 0.480 e. The fourth-order valence-corrected chi connectivity index (χ4v) is 3.95. The van der Waals surface area contributed by atoms with Gasteiger partial charge in [0.1, 0.15) is 18.7 Å². The highest BCUT2D eigenvalue weighted by molar-refractivity contribution is 5.86. The summed E-state index contributed by atoms with van der Waals surface area (Å²) in [4.78, 5) is 38.3. The number of carboxylic acid groups (broad SMARTS) is 1. The van der Waals surface area contributed by atoms with Crippen molar-refractivity contribution in [3.05, 3.63) is 35.9 Å². The Kier molecular flexibility index (Phi) is 9.64. The Hall–Kier alpha value is -2.57. The summed E-state index contributed by atoms with van der Waals surface area (Å²) in [6, 6.07) is 6.93. The van der Waals surface area contributed by atoms with Crippen LogP contribution in [0.5, 0.6) is 0 Å². The molecule has 0 aliphatic heterocycles. The van der Waals surface area contributed by atoms with E-state index in [4.69, 9.17) is 9.47 Å². The number of rotatable bonds is 10. The standard InChI is InChI=1S/C23H33NO6/c1-3-29-22(27)20(15-14-18-10-6-4-7-11-18)24(17(2)21(25)26)23(28)30-16-19-12-8-5-9-13-19/h5,8-9,12-13,17-18,20H,3-4,6-7,10-11,14-16H2,1-2H3,(H,25,26)/t17-,20-/m0/s1. The van der Waals surface area contributed by atoms with Crippen molar-refractivity contribution in [1.29, 1.82) is 0 Å². The molecule has 1 amide bonds. The van der Waals surface area contributed by atoms with Crippen molar-refractivity contribution in [2.24, 2.45) is 5.92 Å². The quantitative estimate of drug-likeness (QED) is 0.565. The molecule has 30 heavy (non-hydrogen) atoms. The normalized spacial score (nSPS) is 16.3. The fourth-order valence-electron chi connectivity index (χ4n) is 3.95. The van der Waals surface area contributed by atoms with Crippen LogP contribution in [-0.4, -0.2) is 46.7 Å². The molecule has 1 fully saturated rings. The maximum Gasteiger partial charge on any atom is 0.411 e. The van der Waals surface area contributed by atoms with E-state index in [1.807, 2.05) is 30.3 Å². The summed E-state index contributed by atoms with van der Waals surface area (Å²) in [5, 5.41) is 9.56. The first kappa shape index (κ1) is 23.7. The van der Waals surface area contributed by atoms with E-state index in [-0.39, 0.29) is 13.2 Å². The molecule has 7 heteroatoms. The van der Waals surface area contributed by atoms with Crippen molar-refractivity contribution in [3.8, 4) is 0 Å². The average Bonchev–Trinajstić information content (AvgIpc) is 2.76. The second-order valence-corrected chi connectivity index (χ2v) is 7.81. The summed E-state index contributed by atoms with van der Waals surface area (Å²) in [5.74, 6) is -1.30. The molecule has 0 radical (unpaired) electrons. The predicted octanol–water partition coefficient (Wildman–Crippen LogP) is 4.39. The molecule has 7 nitrogen and oxygen atoms in total. The Morgan fingerprint density at radius 3 is 2.37 bits per heavy atom. The zero-order valence-electron chi connectivity index (χ0n) is 17.9. The van der Waals surface area contributed by atoms with E-state index >= 15 is 0 Å². The second kappa shape index (κ2) is 12.2. The van der Waals surface area contributed by atoms with E-state index < -0.39 is 30.1 Å². The van der Waals surface area contributed by atoms with Crippen molar-refractivity contribution >= 4 is 18.0 Å².